The molecule has 2 atom stereocenters. The van der Waals surface area contributed by atoms with Crippen LogP contribution in [-0.2, 0) is 20.9 Å². The maximum atomic E-state index is 14.1. The molecule has 3 heterocycles. The summed E-state index contributed by atoms with van der Waals surface area (Å²) in [6.07, 6.45) is 0.319. The van der Waals surface area contributed by atoms with Gasteiger partial charge in [0.1, 0.15) is 29.3 Å². The van der Waals surface area contributed by atoms with E-state index in [9.17, 15) is 36.3 Å². The summed E-state index contributed by atoms with van der Waals surface area (Å²) in [4.78, 5) is 54.5. The number of carboxylic acids is 1. The Hall–Kier alpha value is -4.10. The highest BCUT2D eigenvalue weighted by atomic mass is 19.4. The standard InChI is InChI=1S/C23H24F2N4O3.C2HF3O2/c24-16-4-1-5-17(25)20(16)23(32)29-13-3-7-19(29)22(31)28-12-2-6-18(28)21(30)27-14-15-8-10-26-11-9-15;3-2(4,5)1(6)7/h1,4-5,8-11,18-19H,2-3,6-7,12-14H2,(H,27,30);(H,6,7)/t18-,19+;/m0./s1. The van der Waals surface area contributed by atoms with E-state index >= 15 is 0 Å². The van der Waals surface area contributed by atoms with Gasteiger partial charge < -0.3 is 20.2 Å². The average Bonchev–Trinajstić information content (AvgIpc) is 3.57. The molecule has 14 heteroatoms. The first kappa shape index (κ1) is 29.5. The van der Waals surface area contributed by atoms with Crippen LogP contribution in [0, 0.1) is 11.6 Å². The minimum Gasteiger partial charge on any atom is -0.475 e. The maximum Gasteiger partial charge on any atom is 0.490 e. The summed E-state index contributed by atoms with van der Waals surface area (Å²) < 4.78 is 60.0. The molecular weight excluding hydrogens is 531 g/mol. The van der Waals surface area contributed by atoms with Gasteiger partial charge in [-0.2, -0.15) is 13.2 Å². The summed E-state index contributed by atoms with van der Waals surface area (Å²) in [5.74, 6) is -6.12. The Morgan fingerprint density at radius 1 is 0.923 bits per heavy atom. The van der Waals surface area contributed by atoms with E-state index in [0.717, 1.165) is 17.7 Å². The van der Waals surface area contributed by atoms with Crippen LogP contribution in [0.15, 0.2) is 42.7 Å². The Morgan fingerprint density at radius 3 is 2.03 bits per heavy atom. The molecule has 2 N–H and O–H groups in total. The van der Waals surface area contributed by atoms with Crippen molar-refractivity contribution in [3.8, 4) is 0 Å². The zero-order valence-corrected chi connectivity index (χ0v) is 20.5. The molecule has 4 rings (SSSR count). The van der Waals surface area contributed by atoms with Crippen molar-refractivity contribution in [1.82, 2.24) is 20.1 Å². The lowest BCUT2D eigenvalue weighted by molar-refractivity contribution is -0.192. The number of pyridine rings is 1. The smallest absolute Gasteiger partial charge is 0.475 e. The number of hydrogen-bond donors (Lipinski definition) is 2. The van der Waals surface area contributed by atoms with Crippen LogP contribution in [0.3, 0.4) is 0 Å². The minimum atomic E-state index is -5.08. The zero-order valence-electron chi connectivity index (χ0n) is 20.5. The number of nitrogens with one attached hydrogen (secondary N) is 1. The average molecular weight is 556 g/mol. The Labute approximate surface area is 219 Å². The maximum absolute atomic E-state index is 14.1. The molecule has 1 aromatic carbocycles. The van der Waals surface area contributed by atoms with Gasteiger partial charge in [0.15, 0.2) is 0 Å². The molecule has 0 unspecified atom stereocenters. The molecule has 3 amide bonds. The molecule has 9 nitrogen and oxygen atoms in total. The van der Waals surface area contributed by atoms with Gasteiger partial charge in [0.05, 0.1) is 0 Å². The highest BCUT2D eigenvalue weighted by molar-refractivity contribution is 5.99. The number of aliphatic carboxylic acids is 1. The molecule has 210 valence electrons. The lowest BCUT2D eigenvalue weighted by Crippen LogP contribution is -2.53. The molecule has 0 saturated carbocycles. The number of hydrogen-bond acceptors (Lipinski definition) is 5. The Kier molecular flexibility index (Phi) is 9.54. The number of carboxylic acid groups (broad SMARTS) is 1. The van der Waals surface area contributed by atoms with Gasteiger partial charge >= 0.3 is 12.1 Å². The van der Waals surface area contributed by atoms with E-state index in [1.54, 1.807) is 24.5 Å². The third kappa shape index (κ3) is 7.27. The first-order valence-electron chi connectivity index (χ1n) is 11.9. The summed E-state index contributed by atoms with van der Waals surface area (Å²) in [5.41, 5.74) is 0.240. The number of benzene rings is 1. The van der Waals surface area contributed by atoms with Gasteiger partial charge in [0.25, 0.3) is 5.91 Å². The summed E-state index contributed by atoms with van der Waals surface area (Å²) >= 11 is 0. The molecule has 2 aromatic rings. The van der Waals surface area contributed by atoms with E-state index in [0.29, 0.717) is 38.8 Å². The monoisotopic (exact) mass is 556 g/mol. The van der Waals surface area contributed by atoms with Gasteiger partial charge in [-0.05, 0) is 55.5 Å². The van der Waals surface area contributed by atoms with Crippen molar-refractivity contribution in [2.45, 2.75) is 50.5 Å². The largest absolute Gasteiger partial charge is 0.490 e. The Balaban J connectivity index is 0.000000532. The third-order valence-electron chi connectivity index (χ3n) is 6.27. The molecule has 1 aromatic heterocycles. The minimum absolute atomic E-state index is 0.232. The normalized spacial score (nSPS) is 18.8. The van der Waals surface area contributed by atoms with Crippen LogP contribution >= 0.6 is 0 Å². The highest BCUT2D eigenvalue weighted by Gasteiger charge is 2.43. The van der Waals surface area contributed by atoms with Crippen molar-refractivity contribution < 1.29 is 46.2 Å². The predicted octanol–water partition coefficient (Wildman–Crippen LogP) is 2.91. The summed E-state index contributed by atoms with van der Waals surface area (Å²) in [7, 11) is 0. The number of carbonyl (C=O) groups is 4. The van der Waals surface area contributed by atoms with Crippen LogP contribution in [0.4, 0.5) is 22.0 Å². The van der Waals surface area contributed by atoms with E-state index in [-0.39, 0.29) is 18.4 Å². The first-order chi connectivity index (χ1) is 18.4. The number of aromatic nitrogens is 1. The van der Waals surface area contributed by atoms with Crippen LogP contribution in [0.25, 0.3) is 0 Å². The lowest BCUT2D eigenvalue weighted by atomic mass is 10.1. The fourth-order valence-electron chi connectivity index (χ4n) is 4.41. The number of nitrogens with zero attached hydrogens (tertiary/aromatic N) is 3. The van der Waals surface area contributed by atoms with Crippen LogP contribution in [0.1, 0.15) is 41.6 Å². The van der Waals surface area contributed by atoms with Crippen molar-refractivity contribution >= 4 is 23.7 Å². The second kappa shape index (κ2) is 12.6. The van der Waals surface area contributed by atoms with E-state index in [1.807, 2.05) is 0 Å². The number of halogens is 5. The van der Waals surface area contributed by atoms with Gasteiger partial charge in [-0.3, -0.25) is 19.4 Å². The van der Waals surface area contributed by atoms with Crippen molar-refractivity contribution in [2.75, 3.05) is 13.1 Å². The SMILES string of the molecule is O=C(NCc1ccncc1)[C@@H]1CCCN1C(=O)[C@H]1CCCN1C(=O)c1c(F)cccc1F.O=C(O)C(F)(F)F. The number of alkyl halides is 3. The molecule has 2 fully saturated rings. The molecule has 2 saturated heterocycles. The van der Waals surface area contributed by atoms with Crippen LogP contribution < -0.4 is 5.32 Å². The van der Waals surface area contributed by atoms with E-state index < -0.39 is 47.3 Å². The Morgan fingerprint density at radius 2 is 1.46 bits per heavy atom. The fourth-order valence-corrected chi connectivity index (χ4v) is 4.41. The van der Waals surface area contributed by atoms with Gasteiger partial charge in [-0.15, -0.1) is 0 Å². The van der Waals surface area contributed by atoms with E-state index in [2.05, 4.69) is 10.3 Å². The van der Waals surface area contributed by atoms with Crippen molar-refractivity contribution in [3.63, 3.8) is 0 Å². The van der Waals surface area contributed by atoms with Gasteiger partial charge in [-0.25, -0.2) is 13.6 Å². The molecule has 39 heavy (non-hydrogen) atoms. The van der Waals surface area contributed by atoms with Crippen LogP contribution in [0.2, 0.25) is 0 Å². The van der Waals surface area contributed by atoms with Crippen LogP contribution in [0.5, 0.6) is 0 Å². The second-order valence-electron chi connectivity index (χ2n) is 8.82. The molecule has 0 radical (unpaired) electrons. The van der Waals surface area contributed by atoms with Gasteiger partial charge in [-0.1, -0.05) is 6.07 Å². The first-order valence-corrected chi connectivity index (χ1v) is 11.9. The second-order valence-corrected chi connectivity index (χ2v) is 8.82. The molecule has 0 aliphatic carbocycles. The molecule has 2 aliphatic rings. The number of amides is 3. The third-order valence-corrected chi connectivity index (χ3v) is 6.27. The molecular formula is C25H25F5N4O5. The Bertz CT molecular complexity index is 1190. The van der Waals surface area contributed by atoms with Gasteiger partial charge in [0, 0.05) is 32.0 Å². The lowest BCUT2D eigenvalue weighted by Gasteiger charge is -2.31. The van der Waals surface area contributed by atoms with Crippen molar-refractivity contribution in [3.05, 3.63) is 65.5 Å². The van der Waals surface area contributed by atoms with Gasteiger partial charge in [0.2, 0.25) is 11.8 Å². The topological polar surface area (TPSA) is 120 Å². The van der Waals surface area contributed by atoms with Crippen LogP contribution in [-0.4, -0.2) is 74.9 Å². The highest BCUT2D eigenvalue weighted by Crippen LogP contribution is 2.27. The number of likely N-dealkylation sites (tertiary alicyclic amines) is 2. The zero-order chi connectivity index (χ0) is 28.7. The molecule has 0 spiro atoms. The predicted molar refractivity (Wildman–Crippen MR) is 125 cm³/mol. The molecule has 2 aliphatic heterocycles. The van der Waals surface area contributed by atoms with Crippen molar-refractivity contribution in [2.24, 2.45) is 0 Å². The summed E-state index contributed by atoms with van der Waals surface area (Å²) in [6.45, 7) is 0.953. The fraction of sp³-hybridized carbons (Fsp3) is 0.400. The van der Waals surface area contributed by atoms with Crippen molar-refractivity contribution in [1.29, 1.82) is 0 Å². The van der Waals surface area contributed by atoms with E-state index in [1.165, 1.54) is 15.9 Å². The molecule has 0 bridgehead atoms. The number of rotatable bonds is 5. The number of carbonyl (C=O) groups excluding carboxylic acids is 3. The summed E-state index contributed by atoms with van der Waals surface area (Å²) in [6, 6.07) is 5.35. The van der Waals surface area contributed by atoms with E-state index in [4.69, 9.17) is 9.90 Å². The summed E-state index contributed by atoms with van der Waals surface area (Å²) in [5, 5.41) is 9.98. The quantitative estimate of drug-likeness (QED) is 0.547.